The number of para-hydroxylation sites is 1. The monoisotopic (exact) mass is 745 g/mol. The number of amides is 1. The van der Waals surface area contributed by atoms with Gasteiger partial charge >= 0.3 is 7.12 Å². The zero-order chi connectivity index (χ0) is 38.7. The first kappa shape index (κ1) is 40.4. The smallest absolute Gasteiger partial charge is 0.495 e. The number of β-lactam (4-membered cyclic amide) rings is 1. The van der Waals surface area contributed by atoms with Crippen molar-refractivity contribution in [1.82, 2.24) is 0 Å². The zero-order valence-electron chi connectivity index (χ0n) is 34.0. The van der Waals surface area contributed by atoms with E-state index < -0.39 is 35.0 Å². The fraction of sp³-hybridized carbons (Fsp3) is 0.548. The topological polar surface area (TPSA) is 57.2 Å². The number of anilines is 1. The zero-order valence-corrected chi connectivity index (χ0v) is 36.0. The highest BCUT2D eigenvalue weighted by Gasteiger charge is 2.56. The van der Waals surface area contributed by atoms with Gasteiger partial charge in [0.15, 0.2) is 8.32 Å². The van der Waals surface area contributed by atoms with Crippen LogP contribution in [0.5, 0.6) is 5.75 Å². The Kier molecular flexibility index (Phi) is 11.0. The molecule has 2 saturated heterocycles. The van der Waals surface area contributed by atoms with Crippen LogP contribution in [0.2, 0.25) is 36.3 Å². The lowest BCUT2D eigenvalue weighted by molar-refractivity contribution is -0.131. The summed E-state index contributed by atoms with van der Waals surface area (Å²) >= 11 is 0. The van der Waals surface area contributed by atoms with Crippen LogP contribution in [-0.4, -0.2) is 40.9 Å². The van der Waals surface area contributed by atoms with Gasteiger partial charge in [0.2, 0.25) is 14.2 Å². The molecule has 3 atom stereocenters. The first-order valence-electron chi connectivity index (χ1n) is 18.9. The summed E-state index contributed by atoms with van der Waals surface area (Å²) in [5, 5.41) is -0.0794. The molecule has 0 aromatic heterocycles. The van der Waals surface area contributed by atoms with Crippen LogP contribution in [0.3, 0.4) is 0 Å². The molecule has 5 rings (SSSR count). The van der Waals surface area contributed by atoms with Gasteiger partial charge in [-0.05, 0) is 118 Å². The van der Waals surface area contributed by atoms with E-state index in [-0.39, 0.29) is 39.9 Å². The van der Waals surface area contributed by atoms with Gasteiger partial charge in [-0.25, -0.2) is 4.39 Å². The Labute approximate surface area is 315 Å². The maximum absolute atomic E-state index is 14.5. The summed E-state index contributed by atoms with van der Waals surface area (Å²) in [5.74, 6) is 0.186. The van der Waals surface area contributed by atoms with E-state index in [1.165, 1.54) is 12.1 Å². The minimum atomic E-state index is -2.33. The molecule has 3 aromatic carbocycles. The van der Waals surface area contributed by atoms with Gasteiger partial charge in [0.25, 0.3) is 0 Å². The summed E-state index contributed by atoms with van der Waals surface area (Å²) in [6, 6.07) is 22.3. The van der Waals surface area contributed by atoms with E-state index in [1.54, 1.807) is 0 Å². The van der Waals surface area contributed by atoms with E-state index in [0.29, 0.717) is 12.8 Å². The molecular formula is C42H61BFNO5Si2. The van der Waals surface area contributed by atoms with Crippen molar-refractivity contribution in [3.63, 3.8) is 0 Å². The first-order valence-corrected chi connectivity index (χ1v) is 24.7. The average Bonchev–Trinajstić information content (AvgIpc) is 3.24. The van der Waals surface area contributed by atoms with Gasteiger partial charge in [0.1, 0.15) is 11.6 Å². The number of carbonyl (C=O) groups excluding carboxylic acids is 1. The molecule has 0 saturated carbocycles. The molecule has 0 unspecified atom stereocenters. The molecule has 0 bridgehead atoms. The van der Waals surface area contributed by atoms with E-state index in [9.17, 15) is 9.18 Å². The SMILES string of the molecule is CC1(C)OB(c2cccc(O[Si](C)(C)C(C)(C)C)c2[C@@H]2[C@@H](CC[C@H](O[Si](C)(C)C(C)(C)C)c3ccc(F)cc3)C(=O)N2c2ccccc2)OC1(C)C. The molecule has 3 aromatic rings. The third kappa shape index (κ3) is 7.88. The normalized spacial score (nSPS) is 21.2. The Bertz CT molecular complexity index is 1720. The second-order valence-electron chi connectivity index (χ2n) is 18.8. The molecule has 6 nitrogen and oxygen atoms in total. The molecule has 0 N–H and O–H groups in total. The van der Waals surface area contributed by atoms with Crippen molar-refractivity contribution in [3.05, 3.63) is 89.7 Å². The molecular weight excluding hydrogens is 684 g/mol. The number of hydrogen-bond donors (Lipinski definition) is 0. The van der Waals surface area contributed by atoms with Crippen molar-refractivity contribution in [2.75, 3.05) is 4.90 Å². The molecule has 2 heterocycles. The number of halogens is 1. The summed E-state index contributed by atoms with van der Waals surface area (Å²) in [4.78, 5) is 16.5. The highest BCUT2D eigenvalue weighted by atomic mass is 28.4. The largest absolute Gasteiger partial charge is 0.543 e. The molecule has 1 amide bonds. The highest BCUT2D eigenvalue weighted by Crippen LogP contribution is 2.51. The van der Waals surface area contributed by atoms with E-state index in [4.69, 9.17) is 18.2 Å². The van der Waals surface area contributed by atoms with Crippen molar-refractivity contribution in [1.29, 1.82) is 0 Å². The van der Waals surface area contributed by atoms with E-state index >= 15 is 0 Å². The van der Waals surface area contributed by atoms with Crippen molar-refractivity contribution < 1.29 is 27.3 Å². The Balaban J connectivity index is 1.63. The first-order chi connectivity index (χ1) is 23.9. The lowest BCUT2D eigenvalue weighted by Gasteiger charge is -2.50. The second kappa shape index (κ2) is 14.1. The van der Waals surface area contributed by atoms with Gasteiger partial charge in [0.05, 0.1) is 29.3 Å². The number of rotatable bonds is 11. The molecule has 0 spiro atoms. The van der Waals surface area contributed by atoms with Crippen LogP contribution in [-0.2, 0) is 18.5 Å². The Morgan fingerprint density at radius 1 is 0.808 bits per heavy atom. The van der Waals surface area contributed by atoms with Crippen LogP contribution in [0, 0.1) is 11.7 Å². The van der Waals surface area contributed by atoms with E-state index in [2.05, 4.69) is 108 Å². The van der Waals surface area contributed by atoms with Gasteiger partial charge in [-0.15, -0.1) is 0 Å². The highest BCUT2D eigenvalue weighted by molar-refractivity contribution is 6.75. The van der Waals surface area contributed by atoms with Gasteiger partial charge in [-0.2, -0.15) is 0 Å². The lowest BCUT2D eigenvalue weighted by atomic mass is 9.68. The fourth-order valence-electron chi connectivity index (χ4n) is 6.44. The number of nitrogens with zero attached hydrogens (tertiary/aromatic N) is 1. The minimum absolute atomic E-state index is 0.0258. The third-order valence-corrected chi connectivity index (χ3v) is 21.4. The van der Waals surface area contributed by atoms with Crippen LogP contribution in [0.1, 0.15) is 105 Å². The lowest BCUT2D eigenvalue weighted by Crippen LogP contribution is -2.58. The second-order valence-corrected chi connectivity index (χ2v) is 28.3. The predicted octanol–water partition coefficient (Wildman–Crippen LogP) is 10.8. The average molecular weight is 746 g/mol. The number of hydrogen-bond acceptors (Lipinski definition) is 5. The van der Waals surface area contributed by atoms with Crippen molar-refractivity contribution in [2.45, 2.75) is 142 Å². The van der Waals surface area contributed by atoms with Crippen LogP contribution in [0.4, 0.5) is 10.1 Å². The van der Waals surface area contributed by atoms with Crippen molar-refractivity contribution in [2.24, 2.45) is 5.92 Å². The number of carbonyl (C=O) groups is 1. The summed E-state index contributed by atoms with van der Waals surface area (Å²) in [6.07, 6.45) is 0.882. The molecule has 2 fully saturated rings. The molecule has 0 radical (unpaired) electrons. The van der Waals surface area contributed by atoms with Crippen LogP contribution >= 0.6 is 0 Å². The Morgan fingerprint density at radius 3 is 1.90 bits per heavy atom. The van der Waals surface area contributed by atoms with Gasteiger partial charge in [-0.1, -0.05) is 84.0 Å². The van der Waals surface area contributed by atoms with Gasteiger partial charge < -0.3 is 23.1 Å². The van der Waals surface area contributed by atoms with Crippen molar-refractivity contribution >= 4 is 40.8 Å². The quantitative estimate of drug-likeness (QED) is 0.144. The van der Waals surface area contributed by atoms with E-state index in [1.807, 2.05) is 53.4 Å². The Hall–Kier alpha value is -2.76. The van der Waals surface area contributed by atoms with E-state index in [0.717, 1.165) is 28.0 Å². The summed E-state index contributed by atoms with van der Waals surface area (Å²) in [6.45, 7) is 30.6. The maximum Gasteiger partial charge on any atom is 0.495 e. The third-order valence-electron chi connectivity index (χ3n) is 12.5. The van der Waals surface area contributed by atoms with Crippen LogP contribution in [0.25, 0.3) is 0 Å². The van der Waals surface area contributed by atoms with Gasteiger partial charge in [0, 0.05) is 11.3 Å². The van der Waals surface area contributed by atoms with Crippen molar-refractivity contribution in [3.8, 4) is 5.75 Å². The van der Waals surface area contributed by atoms with Gasteiger partial charge in [-0.3, -0.25) is 4.79 Å². The maximum atomic E-state index is 14.5. The summed E-state index contributed by atoms with van der Waals surface area (Å²) < 4.78 is 41.7. The molecule has 52 heavy (non-hydrogen) atoms. The van der Waals surface area contributed by atoms with Crippen LogP contribution < -0.4 is 14.8 Å². The minimum Gasteiger partial charge on any atom is -0.543 e. The number of benzene rings is 3. The molecule has 10 heteroatoms. The molecule has 2 aliphatic heterocycles. The Morgan fingerprint density at radius 2 is 1.37 bits per heavy atom. The molecule has 0 aliphatic carbocycles. The molecule has 2 aliphatic rings. The fourth-order valence-corrected chi connectivity index (χ4v) is 8.79. The molecule has 282 valence electrons. The van der Waals surface area contributed by atoms with Crippen LogP contribution in [0.15, 0.2) is 72.8 Å². The summed E-state index contributed by atoms with van der Waals surface area (Å²) in [5.41, 5.74) is 2.47. The summed E-state index contributed by atoms with van der Waals surface area (Å²) in [7, 11) is -5.22. The predicted molar refractivity (Wildman–Crippen MR) is 217 cm³/mol. The standard InChI is InChI=1S/C42H61BFNO5Si2/c1-39(2,3)51(11,12)47-34(29-23-25-30(44)26-24-29)28-27-32-37(45(38(32)46)31-19-16-15-17-20-31)36-33(43-49-41(7,8)42(9,10)50-43)21-18-22-35(36)48-52(13,14)40(4,5)6/h15-26,32,34,37H,27-28H2,1-14H3/t32-,34+,37+/m1/s1.